The zero-order valence-corrected chi connectivity index (χ0v) is 16.6. The molecule has 5 rings (SSSR count). The second-order valence-electron chi connectivity index (χ2n) is 9.09. The first-order valence-electron chi connectivity index (χ1n) is 10.7. The minimum Gasteiger partial charge on any atom is -0.493 e. The minimum atomic E-state index is -0.222. The van der Waals surface area contributed by atoms with Gasteiger partial charge < -0.3 is 14.5 Å². The van der Waals surface area contributed by atoms with Crippen LogP contribution in [-0.2, 0) is 4.79 Å². The molecule has 3 heterocycles. The van der Waals surface area contributed by atoms with Crippen molar-refractivity contribution in [2.24, 2.45) is 17.8 Å². The van der Waals surface area contributed by atoms with Crippen LogP contribution in [-0.4, -0.2) is 73.5 Å². The van der Waals surface area contributed by atoms with Crippen molar-refractivity contribution in [2.75, 3.05) is 52.9 Å². The van der Waals surface area contributed by atoms with Gasteiger partial charge in [0.05, 0.1) is 12.5 Å². The summed E-state index contributed by atoms with van der Waals surface area (Å²) in [5, 5.41) is 0. The van der Waals surface area contributed by atoms with Crippen LogP contribution in [0.25, 0.3) is 0 Å². The van der Waals surface area contributed by atoms with Crippen LogP contribution in [0, 0.1) is 23.6 Å². The third kappa shape index (κ3) is 3.41. The summed E-state index contributed by atoms with van der Waals surface area (Å²) in [6.45, 7) is 5.96. The van der Waals surface area contributed by atoms with E-state index in [1.807, 2.05) is 0 Å². The molecule has 28 heavy (non-hydrogen) atoms. The van der Waals surface area contributed by atoms with Gasteiger partial charge in [-0.05, 0) is 57.0 Å². The van der Waals surface area contributed by atoms with Crippen LogP contribution < -0.4 is 4.74 Å². The Labute approximate surface area is 166 Å². The number of likely N-dealkylation sites (N-methyl/N-ethyl adjacent to an activating group) is 1. The van der Waals surface area contributed by atoms with E-state index in [9.17, 15) is 9.18 Å². The number of rotatable bonds is 3. The largest absolute Gasteiger partial charge is 0.493 e. The Morgan fingerprint density at radius 1 is 1.21 bits per heavy atom. The molecule has 5 nitrogen and oxygen atoms in total. The van der Waals surface area contributed by atoms with Crippen molar-refractivity contribution in [3.8, 4) is 5.75 Å². The summed E-state index contributed by atoms with van der Waals surface area (Å²) in [6, 6.07) is 4.94. The Kier molecular flexibility index (Phi) is 4.79. The van der Waals surface area contributed by atoms with E-state index in [-0.39, 0.29) is 29.6 Å². The molecule has 3 aliphatic heterocycles. The van der Waals surface area contributed by atoms with Crippen molar-refractivity contribution in [1.29, 1.82) is 0 Å². The van der Waals surface area contributed by atoms with E-state index in [2.05, 4.69) is 21.7 Å². The Morgan fingerprint density at radius 3 is 2.89 bits per heavy atom. The van der Waals surface area contributed by atoms with Gasteiger partial charge in [-0.1, -0.05) is 0 Å². The third-order valence-electron chi connectivity index (χ3n) is 7.01. The van der Waals surface area contributed by atoms with E-state index >= 15 is 0 Å². The zero-order valence-electron chi connectivity index (χ0n) is 16.6. The summed E-state index contributed by atoms with van der Waals surface area (Å²) < 4.78 is 20.0. The molecule has 0 N–H and O–H groups in total. The molecule has 3 atom stereocenters. The number of ether oxygens (including phenoxy) is 1. The molecule has 6 heteroatoms. The fourth-order valence-corrected chi connectivity index (χ4v) is 5.28. The first-order valence-corrected chi connectivity index (χ1v) is 10.7. The van der Waals surface area contributed by atoms with Gasteiger partial charge in [-0.25, -0.2) is 4.39 Å². The second-order valence-corrected chi connectivity index (χ2v) is 9.09. The quantitative estimate of drug-likeness (QED) is 0.798. The van der Waals surface area contributed by atoms with Crippen LogP contribution >= 0.6 is 0 Å². The fourth-order valence-electron chi connectivity index (χ4n) is 5.28. The van der Waals surface area contributed by atoms with Gasteiger partial charge >= 0.3 is 0 Å². The molecule has 0 spiro atoms. The molecule has 1 aromatic rings. The molecule has 1 amide bonds. The first-order chi connectivity index (χ1) is 13.6. The summed E-state index contributed by atoms with van der Waals surface area (Å²) in [4.78, 5) is 20.3. The van der Waals surface area contributed by atoms with Crippen molar-refractivity contribution < 1.29 is 13.9 Å². The van der Waals surface area contributed by atoms with Crippen molar-refractivity contribution >= 4 is 5.91 Å². The lowest BCUT2D eigenvalue weighted by Gasteiger charge is -2.35. The van der Waals surface area contributed by atoms with Crippen molar-refractivity contribution in [3.05, 3.63) is 29.6 Å². The Bertz CT molecular complexity index is 753. The van der Waals surface area contributed by atoms with Gasteiger partial charge in [0.1, 0.15) is 11.6 Å². The van der Waals surface area contributed by atoms with Crippen molar-refractivity contribution in [3.63, 3.8) is 0 Å². The maximum Gasteiger partial charge on any atom is 0.227 e. The predicted molar refractivity (Wildman–Crippen MR) is 105 cm³/mol. The molecule has 0 radical (unpaired) electrons. The van der Waals surface area contributed by atoms with Crippen LogP contribution in [0.4, 0.5) is 4.39 Å². The molecule has 2 saturated heterocycles. The van der Waals surface area contributed by atoms with Crippen LogP contribution in [0.3, 0.4) is 0 Å². The van der Waals surface area contributed by atoms with Crippen LogP contribution in [0.5, 0.6) is 5.75 Å². The number of nitrogens with zero attached hydrogens (tertiary/aromatic N) is 3. The van der Waals surface area contributed by atoms with E-state index in [4.69, 9.17) is 4.74 Å². The molecule has 1 aliphatic carbocycles. The van der Waals surface area contributed by atoms with Gasteiger partial charge in [0.15, 0.2) is 0 Å². The van der Waals surface area contributed by atoms with Gasteiger partial charge in [0.25, 0.3) is 0 Å². The average Bonchev–Trinajstić information content (AvgIpc) is 3.46. The van der Waals surface area contributed by atoms with E-state index in [0.717, 1.165) is 62.9 Å². The molecule has 4 aliphatic rings. The van der Waals surface area contributed by atoms with Gasteiger partial charge in [0, 0.05) is 50.2 Å². The molecule has 0 bridgehead atoms. The number of halogens is 1. The maximum absolute atomic E-state index is 14.0. The van der Waals surface area contributed by atoms with Crippen LogP contribution in [0.1, 0.15) is 30.9 Å². The Balaban J connectivity index is 1.41. The standard InChI is InChI=1S/C22H30FN3O2/c1-24-7-2-8-25(10-9-24)22(27)18-13-26(12-15-3-4-15)21-17-11-16(23)5-6-20(17)28-14-19(18)21/h5-6,11,15,18-19,21H,2-4,7-10,12-14H2,1H3/t18-,19+,21+/m1/s1. The summed E-state index contributed by atoms with van der Waals surface area (Å²) in [5.41, 5.74) is 0.933. The van der Waals surface area contributed by atoms with Crippen molar-refractivity contribution in [2.45, 2.75) is 25.3 Å². The summed E-state index contributed by atoms with van der Waals surface area (Å²) in [7, 11) is 2.12. The number of hydrogen-bond donors (Lipinski definition) is 0. The summed E-state index contributed by atoms with van der Waals surface area (Å²) in [5.74, 6) is 1.63. The Morgan fingerprint density at radius 2 is 2.07 bits per heavy atom. The lowest BCUT2D eigenvalue weighted by molar-refractivity contribution is -0.136. The second kappa shape index (κ2) is 7.30. The van der Waals surface area contributed by atoms with Gasteiger partial charge in [-0.2, -0.15) is 0 Å². The summed E-state index contributed by atoms with van der Waals surface area (Å²) >= 11 is 0. The van der Waals surface area contributed by atoms with E-state index < -0.39 is 0 Å². The highest BCUT2D eigenvalue weighted by molar-refractivity contribution is 5.80. The van der Waals surface area contributed by atoms with E-state index in [0.29, 0.717) is 6.61 Å². The van der Waals surface area contributed by atoms with E-state index in [1.54, 1.807) is 12.1 Å². The maximum atomic E-state index is 14.0. The van der Waals surface area contributed by atoms with Gasteiger partial charge in [-0.3, -0.25) is 9.69 Å². The zero-order chi connectivity index (χ0) is 19.3. The molecule has 1 saturated carbocycles. The topological polar surface area (TPSA) is 36.0 Å². The normalized spacial score (nSPS) is 31.1. The molecule has 1 aromatic carbocycles. The average molecular weight is 387 g/mol. The highest BCUT2D eigenvalue weighted by Gasteiger charge is 2.50. The first kappa shape index (κ1) is 18.4. The number of likely N-dealkylation sites (tertiary alicyclic amines) is 1. The SMILES string of the molecule is CN1CCCN(C(=O)[C@@H]2CN(CC3CC3)[C@H]3c4cc(F)ccc4OC[C@@H]23)CC1. The smallest absolute Gasteiger partial charge is 0.227 e. The predicted octanol–water partition coefficient (Wildman–Crippen LogP) is 2.38. The molecular weight excluding hydrogens is 357 g/mol. The third-order valence-corrected chi connectivity index (χ3v) is 7.01. The highest BCUT2D eigenvalue weighted by atomic mass is 19.1. The number of benzene rings is 1. The molecule has 152 valence electrons. The summed E-state index contributed by atoms with van der Waals surface area (Å²) in [6.07, 6.45) is 3.58. The van der Waals surface area contributed by atoms with Gasteiger partial charge in [0.2, 0.25) is 5.91 Å². The fraction of sp³-hybridized carbons (Fsp3) is 0.682. The minimum absolute atomic E-state index is 0.0522. The number of amides is 1. The van der Waals surface area contributed by atoms with Crippen LogP contribution in [0.15, 0.2) is 18.2 Å². The number of carbonyl (C=O) groups is 1. The van der Waals surface area contributed by atoms with Gasteiger partial charge in [-0.15, -0.1) is 0 Å². The lowest BCUT2D eigenvalue weighted by atomic mass is 9.84. The highest BCUT2D eigenvalue weighted by Crippen LogP contribution is 2.49. The molecule has 3 fully saturated rings. The van der Waals surface area contributed by atoms with E-state index in [1.165, 1.54) is 18.9 Å². The molecular formula is C22H30FN3O2. The number of fused-ring (bicyclic) bond motifs is 3. The van der Waals surface area contributed by atoms with Crippen molar-refractivity contribution in [1.82, 2.24) is 14.7 Å². The molecule has 0 aromatic heterocycles. The molecule has 0 unspecified atom stereocenters. The Hall–Kier alpha value is -1.66. The lowest BCUT2D eigenvalue weighted by Crippen LogP contribution is -2.42. The number of hydrogen-bond acceptors (Lipinski definition) is 4. The number of carbonyl (C=O) groups excluding carboxylic acids is 1. The monoisotopic (exact) mass is 387 g/mol. The van der Waals surface area contributed by atoms with Crippen LogP contribution in [0.2, 0.25) is 0 Å².